The van der Waals surface area contributed by atoms with Crippen LogP contribution in [0.3, 0.4) is 0 Å². The maximum absolute atomic E-state index is 5.83. The topological polar surface area (TPSA) is 47.3 Å². The van der Waals surface area contributed by atoms with Gasteiger partial charge in [0.15, 0.2) is 0 Å². The Morgan fingerprint density at radius 1 is 1.80 bits per heavy atom. The zero-order valence-electron chi connectivity index (χ0n) is 6.47. The summed E-state index contributed by atoms with van der Waals surface area (Å²) in [6.07, 6.45) is 1.04. The molecule has 0 saturated carbocycles. The van der Waals surface area contributed by atoms with E-state index in [0.717, 1.165) is 19.6 Å². The molecule has 1 heterocycles. The van der Waals surface area contributed by atoms with Gasteiger partial charge in [-0.25, -0.2) is 0 Å². The van der Waals surface area contributed by atoms with Gasteiger partial charge in [-0.2, -0.15) is 0 Å². The van der Waals surface area contributed by atoms with Gasteiger partial charge in [-0.05, 0) is 6.42 Å². The summed E-state index contributed by atoms with van der Waals surface area (Å²) >= 11 is 0. The van der Waals surface area contributed by atoms with Crippen LogP contribution in [0.5, 0.6) is 0 Å². The minimum Gasteiger partial charge on any atom is -0.366 e. The first kappa shape index (κ1) is 7.98. The molecule has 1 aliphatic heterocycles. The lowest BCUT2D eigenvalue weighted by atomic mass is 9.99. The molecule has 0 aromatic carbocycles. The van der Waals surface area contributed by atoms with E-state index in [1.54, 1.807) is 0 Å². The quantitative estimate of drug-likeness (QED) is 0.569. The molecule has 0 aromatic heterocycles. The molecule has 1 rings (SSSR count). The molecule has 0 bridgehead atoms. The number of hydrogen-bond acceptors (Lipinski definition) is 3. The number of hydrogen-bond donors (Lipinski definition) is 2. The third-order valence-corrected chi connectivity index (χ3v) is 2.02. The molecule has 60 valence electrons. The van der Waals surface area contributed by atoms with Crippen LogP contribution in [0, 0.1) is 5.92 Å². The SMILES string of the molecule is CCC(N)C1CNCOC1. The van der Waals surface area contributed by atoms with E-state index in [9.17, 15) is 0 Å². The maximum Gasteiger partial charge on any atom is 0.0965 e. The van der Waals surface area contributed by atoms with E-state index in [0.29, 0.717) is 18.7 Å². The Morgan fingerprint density at radius 2 is 2.60 bits per heavy atom. The molecular weight excluding hydrogens is 128 g/mol. The number of nitrogens with two attached hydrogens (primary N) is 1. The average Bonchev–Trinajstić information content (AvgIpc) is 2.05. The van der Waals surface area contributed by atoms with Crippen LogP contribution in [0.1, 0.15) is 13.3 Å². The lowest BCUT2D eigenvalue weighted by molar-refractivity contribution is 0.0366. The van der Waals surface area contributed by atoms with Gasteiger partial charge in [-0.3, -0.25) is 5.32 Å². The summed E-state index contributed by atoms with van der Waals surface area (Å²) in [6.45, 7) is 4.63. The fourth-order valence-corrected chi connectivity index (χ4v) is 1.19. The average molecular weight is 144 g/mol. The standard InChI is InChI=1S/C7H16N2O/c1-2-7(8)6-3-9-5-10-4-6/h6-7,9H,2-5,8H2,1H3. The summed E-state index contributed by atoms with van der Waals surface area (Å²) in [5.74, 6) is 0.513. The van der Waals surface area contributed by atoms with Crippen molar-refractivity contribution in [1.82, 2.24) is 5.32 Å². The summed E-state index contributed by atoms with van der Waals surface area (Å²) in [5, 5.41) is 3.15. The molecule has 0 aromatic rings. The van der Waals surface area contributed by atoms with Crippen molar-refractivity contribution in [2.24, 2.45) is 11.7 Å². The Kier molecular flexibility index (Phi) is 3.12. The first-order valence-electron chi connectivity index (χ1n) is 3.88. The number of ether oxygens (including phenoxy) is 1. The largest absolute Gasteiger partial charge is 0.366 e. The van der Waals surface area contributed by atoms with E-state index in [1.165, 1.54) is 0 Å². The third-order valence-electron chi connectivity index (χ3n) is 2.02. The molecule has 2 atom stereocenters. The van der Waals surface area contributed by atoms with Crippen molar-refractivity contribution in [2.45, 2.75) is 19.4 Å². The first-order valence-corrected chi connectivity index (χ1v) is 3.88. The molecule has 1 aliphatic rings. The second-order valence-electron chi connectivity index (χ2n) is 2.80. The molecule has 0 amide bonds. The van der Waals surface area contributed by atoms with E-state index in [2.05, 4.69) is 12.2 Å². The summed E-state index contributed by atoms with van der Waals surface area (Å²) in [5.41, 5.74) is 5.83. The number of nitrogens with one attached hydrogen (secondary N) is 1. The van der Waals surface area contributed by atoms with Gasteiger partial charge < -0.3 is 10.5 Å². The van der Waals surface area contributed by atoms with Gasteiger partial charge >= 0.3 is 0 Å². The zero-order valence-corrected chi connectivity index (χ0v) is 6.47. The number of rotatable bonds is 2. The van der Waals surface area contributed by atoms with Crippen molar-refractivity contribution in [3.63, 3.8) is 0 Å². The van der Waals surface area contributed by atoms with Gasteiger partial charge in [-0.15, -0.1) is 0 Å². The van der Waals surface area contributed by atoms with Crippen molar-refractivity contribution < 1.29 is 4.74 Å². The normalized spacial score (nSPS) is 30.0. The minimum absolute atomic E-state index is 0.299. The summed E-state index contributed by atoms with van der Waals surface area (Å²) in [6, 6.07) is 0.299. The van der Waals surface area contributed by atoms with E-state index in [-0.39, 0.29) is 0 Å². The first-order chi connectivity index (χ1) is 4.84. The molecule has 3 heteroatoms. The zero-order chi connectivity index (χ0) is 7.40. The van der Waals surface area contributed by atoms with Gasteiger partial charge in [-0.1, -0.05) is 6.92 Å². The van der Waals surface area contributed by atoms with Crippen molar-refractivity contribution >= 4 is 0 Å². The maximum atomic E-state index is 5.83. The predicted molar refractivity (Wildman–Crippen MR) is 40.6 cm³/mol. The summed E-state index contributed by atoms with van der Waals surface area (Å²) in [7, 11) is 0. The third kappa shape index (κ3) is 1.94. The van der Waals surface area contributed by atoms with E-state index < -0.39 is 0 Å². The Hall–Kier alpha value is -0.120. The molecule has 3 nitrogen and oxygen atoms in total. The Morgan fingerprint density at radius 3 is 3.10 bits per heavy atom. The van der Waals surface area contributed by atoms with Crippen LogP contribution in [0.15, 0.2) is 0 Å². The Labute approximate surface area is 61.9 Å². The lowest BCUT2D eigenvalue weighted by Gasteiger charge is -2.27. The lowest BCUT2D eigenvalue weighted by Crippen LogP contribution is -2.44. The van der Waals surface area contributed by atoms with Crippen LogP contribution in [-0.4, -0.2) is 25.9 Å². The van der Waals surface area contributed by atoms with Gasteiger partial charge in [0.25, 0.3) is 0 Å². The summed E-state index contributed by atoms with van der Waals surface area (Å²) < 4.78 is 5.21. The van der Waals surface area contributed by atoms with Gasteiger partial charge in [0, 0.05) is 18.5 Å². The smallest absolute Gasteiger partial charge is 0.0965 e. The van der Waals surface area contributed by atoms with Crippen LogP contribution in [0.25, 0.3) is 0 Å². The van der Waals surface area contributed by atoms with Crippen LogP contribution in [0.4, 0.5) is 0 Å². The molecule has 1 fully saturated rings. The van der Waals surface area contributed by atoms with Crippen LogP contribution >= 0.6 is 0 Å². The molecule has 10 heavy (non-hydrogen) atoms. The molecular formula is C7H16N2O. The van der Waals surface area contributed by atoms with Gasteiger partial charge in [0.2, 0.25) is 0 Å². The van der Waals surface area contributed by atoms with Crippen molar-refractivity contribution in [2.75, 3.05) is 19.9 Å². The van der Waals surface area contributed by atoms with Gasteiger partial charge in [0.05, 0.1) is 13.3 Å². The highest BCUT2D eigenvalue weighted by Gasteiger charge is 2.18. The highest BCUT2D eigenvalue weighted by atomic mass is 16.5. The highest BCUT2D eigenvalue weighted by Crippen LogP contribution is 2.07. The molecule has 0 spiro atoms. The van der Waals surface area contributed by atoms with Crippen LogP contribution < -0.4 is 11.1 Å². The molecule has 0 aliphatic carbocycles. The van der Waals surface area contributed by atoms with E-state index in [4.69, 9.17) is 10.5 Å². The minimum atomic E-state index is 0.299. The van der Waals surface area contributed by atoms with E-state index >= 15 is 0 Å². The van der Waals surface area contributed by atoms with Gasteiger partial charge in [0.1, 0.15) is 0 Å². The Bertz CT molecular complexity index is 91.6. The highest BCUT2D eigenvalue weighted by molar-refractivity contribution is 4.74. The molecule has 0 radical (unpaired) electrons. The van der Waals surface area contributed by atoms with Crippen molar-refractivity contribution in [3.05, 3.63) is 0 Å². The van der Waals surface area contributed by atoms with E-state index in [1.807, 2.05) is 0 Å². The van der Waals surface area contributed by atoms with Crippen molar-refractivity contribution in [1.29, 1.82) is 0 Å². The van der Waals surface area contributed by atoms with Crippen LogP contribution in [0.2, 0.25) is 0 Å². The fourth-order valence-electron chi connectivity index (χ4n) is 1.19. The molecule has 2 unspecified atom stereocenters. The second-order valence-corrected chi connectivity index (χ2v) is 2.80. The summed E-state index contributed by atoms with van der Waals surface area (Å²) in [4.78, 5) is 0. The van der Waals surface area contributed by atoms with Crippen molar-refractivity contribution in [3.8, 4) is 0 Å². The second kappa shape index (κ2) is 3.91. The van der Waals surface area contributed by atoms with Crippen LogP contribution in [-0.2, 0) is 4.74 Å². The fraction of sp³-hybridized carbons (Fsp3) is 1.00. The molecule has 1 saturated heterocycles. The Balaban J connectivity index is 2.24. The predicted octanol–water partition coefficient (Wildman–Crippen LogP) is -0.0828. The monoisotopic (exact) mass is 144 g/mol. The molecule has 3 N–H and O–H groups in total.